The van der Waals surface area contributed by atoms with E-state index >= 15 is 0 Å². The summed E-state index contributed by atoms with van der Waals surface area (Å²) in [6.07, 6.45) is 2.24. The molecule has 1 heterocycles. The van der Waals surface area contributed by atoms with Crippen molar-refractivity contribution in [2.24, 2.45) is 0 Å². The van der Waals surface area contributed by atoms with E-state index in [9.17, 15) is 0 Å². The molecule has 1 rings (SSSR count). The molecule has 1 aromatic rings. The highest BCUT2D eigenvalue weighted by Gasteiger charge is 1.95. The summed E-state index contributed by atoms with van der Waals surface area (Å²) in [6.45, 7) is 3.77. The number of hydrogen-bond donors (Lipinski definition) is 3. The minimum atomic E-state index is 0.193. The van der Waals surface area contributed by atoms with E-state index < -0.39 is 0 Å². The first-order valence-electron chi connectivity index (χ1n) is 4.77. The van der Waals surface area contributed by atoms with Gasteiger partial charge in [-0.3, -0.25) is 0 Å². The zero-order valence-corrected chi connectivity index (χ0v) is 8.32. The third-order valence-corrected chi connectivity index (χ3v) is 1.67. The number of nitrogens with zero attached hydrogens (tertiary/aromatic N) is 2. The van der Waals surface area contributed by atoms with Gasteiger partial charge in [-0.2, -0.15) is 0 Å². The second-order valence-electron chi connectivity index (χ2n) is 2.82. The van der Waals surface area contributed by atoms with E-state index in [0.717, 1.165) is 31.1 Å². The summed E-state index contributed by atoms with van der Waals surface area (Å²) in [5.41, 5.74) is 0. The Morgan fingerprint density at radius 3 is 2.64 bits per heavy atom. The number of hydrogen-bond acceptors (Lipinski definition) is 5. The zero-order valence-electron chi connectivity index (χ0n) is 8.32. The van der Waals surface area contributed by atoms with Gasteiger partial charge in [0.05, 0.1) is 0 Å². The largest absolute Gasteiger partial charge is 0.396 e. The number of nitrogens with one attached hydrogen (secondary N) is 2. The quantitative estimate of drug-likeness (QED) is 0.584. The summed E-state index contributed by atoms with van der Waals surface area (Å²) >= 11 is 0. The molecule has 78 valence electrons. The summed E-state index contributed by atoms with van der Waals surface area (Å²) in [6, 6.07) is 1.85. The fraction of sp³-hybridized carbons (Fsp3) is 0.556. The van der Waals surface area contributed by atoms with Crippen molar-refractivity contribution in [3.05, 3.63) is 12.4 Å². The van der Waals surface area contributed by atoms with Crippen LogP contribution >= 0.6 is 0 Å². The van der Waals surface area contributed by atoms with Crippen LogP contribution in [0.5, 0.6) is 0 Å². The number of anilines is 2. The SMILES string of the molecule is CCNc1cc(NCCCO)ncn1. The van der Waals surface area contributed by atoms with Gasteiger partial charge in [-0.05, 0) is 13.3 Å². The molecule has 0 radical (unpaired) electrons. The third-order valence-electron chi connectivity index (χ3n) is 1.67. The Kier molecular flexibility index (Phi) is 4.71. The molecule has 3 N–H and O–H groups in total. The Morgan fingerprint density at radius 1 is 1.29 bits per heavy atom. The van der Waals surface area contributed by atoms with Crippen LogP contribution in [-0.4, -0.2) is 34.8 Å². The molecule has 0 spiro atoms. The second-order valence-corrected chi connectivity index (χ2v) is 2.82. The average Bonchev–Trinajstić information content (AvgIpc) is 2.19. The van der Waals surface area contributed by atoms with Crippen LogP contribution in [-0.2, 0) is 0 Å². The zero-order chi connectivity index (χ0) is 10.2. The lowest BCUT2D eigenvalue weighted by Crippen LogP contribution is -2.06. The number of aliphatic hydroxyl groups excluding tert-OH is 1. The molecule has 14 heavy (non-hydrogen) atoms. The van der Waals surface area contributed by atoms with Gasteiger partial charge in [0, 0.05) is 25.8 Å². The first-order chi connectivity index (χ1) is 6.86. The van der Waals surface area contributed by atoms with Crippen molar-refractivity contribution < 1.29 is 5.11 Å². The van der Waals surface area contributed by atoms with Crippen molar-refractivity contribution in [2.75, 3.05) is 30.3 Å². The molecule has 0 saturated carbocycles. The van der Waals surface area contributed by atoms with Crippen LogP contribution in [0.25, 0.3) is 0 Å². The van der Waals surface area contributed by atoms with Gasteiger partial charge in [-0.1, -0.05) is 0 Å². The summed E-state index contributed by atoms with van der Waals surface area (Å²) < 4.78 is 0. The lowest BCUT2D eigenvalue weighted by atomic mass is 10.4. The van der Waals surface area contributed by atoms with Crippen molar-refractivity contribution in [3.63, 3.8) is 0 Å². The van der Waals surface area contributed by atoms with E-state index in [-0.39, 0.29) is 6.61 Å². The first-order valence-corrected chi connectivity index (χ1v) is 4.77. The second kappa shape index (κ2) is 6.15. The summed E-state index contributed by atoms with van der Waals surface area (Å²) in [7, 11) is 0. The lowest BCUT2D eigenvalue weighted by Gasteiger charge is -2.06. The van der Waals surface area contributed by atoms with Crippen LogP contribution in [0.2, 0.25) is 0 Å². The van der Waals surface area contributed by atoms with E-state index in [2.05, 4.69) is 20.6 Å². The Hall–Kier alpha value is -1.36. The van der Waals surface area contributed by atoms with Gasteiger partial charge < -0.3 is 15.7 Å². The van der Waals surface area contributed by atoms with Crippen molar-refractivity contribution >= 4 is 11.6 Å². The van der Waals surface area contributed by atoms with Crippen LogP contribution in [0.15, 0.2) is 12.4 Å². The molecule has 0 unspecified atom stereocenters. The van der Waals surface area contributed by atoms with Crippen LogP contribution in [0.4, 0.5) is 11.6 Å². The lowest BCUT2D eigenvalue weighted by molar-refractivity contribution is 0.292. The molecule has 0 amide bonds. The van der Waals surface area contributed by atoms with Gasteiger partial charge in [0.2, 0.25) is 0 Å². The molecule has 0 fully saturated rings. The number of rotatable bonds is 6. The van der Waals surface area contributed by atoms with E-state index in [1.165, 1.54) is 6.33 Å². The predicted molar refractivity (Wildman–Crippen MR) is 56.4 cm³/mol. The smallest absolute Gasteiger partial charge is 0.131 e. The molecular weight excluding hydrogens is 180 g/mol. The molecule has 0 atom stereocenters. The topological polar surface area (TPSA) is 70.1 Å². The van der Waals surface area contributed by atoms with Crippen LogP contribution < -0.4 is 10.6 Å². The summed E-state index contributed by atoms with van der Waals surface area (Å²) in [5.74, 6) is 1.60. The third kappa shape index (κ3) is 3.57. The standard InChI is InChI=1S/C9H16N4O/c1-2-10-8-6-9(13-7-12-8)11-4-3-5-14/h6-7,14H,2-5H2,1H3,(H2,10,11,12,13). The highest BCUT2D eigenvalue weighted by Crippen LogP contribution is 2.07. The first kappa shape index (κ1) is 10.7. The molecule has 0 saturated heterocycles. The van der Waals surface area contributed by atoms with Crippen LogP contribution in [0, 0.1) is 0 Å². The minimum absolute atomic E-state index is 0.193. The van der Waals surface area contributed by atoms with Gasteiger partial charge in [-0.25, -0.2) is 9.97 Å². The maximum absolute atomic E-state index is 8.60. The Bertz CT molecular complexity index is 267. The molecule has 1 aromatic heterocycles. The van der Waals surface area contributed by atoms with Crippen LogP contribution in [0.3, 0.4) is 0 Å². The van der Waals surface area contributed by atoms with Gasteiger partial charge in [0.25, 0.3) is 0 Å². The fourth-order valence-electron chi connectivity index (χ4n) is 1.03. The Balaban J connectivity index is 2.46. The average molecular weight is 196 g/mol. The number of aromatic nitrogens is 2. The monoisotopic (exact) mass is 196 g/mol. The van der Waals surface area contributed by atoms with Gasteiger partial charge in [-0.15, -0.1) is 0 Å². The molecule has 0 aromatic carbocycles. The normalized spacial score (nSPS) is 9.86. The highest BCUT2D eigenvalue weighted by molar-refractivity contribution is 5.46. The summed E-state index contributed by atoms with van der Waals surface area (Å²) in [5, 5.41) is 14.8. The number of aliphatic hydroxyl groups is 1. The van der Waals surface area contributed by atoms with E-state index in [4.69, 9.17) is 5.11 Å². The van der Waals surface area contributed by atoms with Crippen molar-refractivity contribution in [2.45, 2.75) is 13.3 Å². The Morgan fingerprint density at radius 2 is 2.00 bits per heavy atom. The van der Waals surface area contributed by atoms with E-state index in [1.54, 1.807) is 0 Å². The van der Waals surface area contributed by atoms with Crippen LogP contribution in [0.1, 0.15) is 13.3 Å². The Labute approximate surface area is 83.6 Å². The van der Waals surface area contributed by atoms with E-state index in [0.29, 0.717) is 0 Å². The van der Waals surface area contributed by atoms with Crippen molar-refractivity contribution in [3.8, 4) is 0 Å². The summed E-state index contributed by atoms with van der Waals surface area (Å²) in [4.78, 5) is 8.10. The van der Waals surface area contributed by atoms with Gasteiger partial charge in [0.1, 0.15) is 18.0 Å². The maximum atomic E-state index is 8.60. The molecule has 0 bridgehead atoms. The highest BCUT2D eigenvalue weighted by atomic mass is 16.3. The van der Waals surface area contributed by atoms with Gasteiger partial charge >= 0.3 is 0 Å². The minimum Gasteiger partial charge on any atom is -0.396 e. The van der Waals surface area contributed by atoms with E-state index in [1.807, 2.05) is 13.0 Å². The van der Waals surface area contributed by atoms with Crippen molar-refractivity contribution in [1.29, 1.82) is 0 Å². The maximum Gasteiger partial charge on any atom is 0.131 e. The van der Waals surface area contributed by atoms with Crippen molar-refractivity contribution in [1.82, 2.24) is 9.97 Å². The molecule has 5 nitrogen and oxygen atoms in total. The molecule has 0 aliphatic rings. The molecule has 0 aliphatic carbocycles. The molecular formula is C9H16N4O. The molecule has 5 heteroatoms. The molecule has 0 aliphatic heterocycles. The predicted octanol–water partition coefficient (Wildman–Crippen LogP) is 0.703. The fourth-order valence-corrected chi connectivity index (χ4v) is 1.03. The van der Waals surface area contributed by atoms with Gasteiger partial charge in [0.15, 0.2) is 0 Å².